The number of urea groups is 1. The van der Waals surface area contributed by atoms with Gasteiger partial charge in [-0.25, -0.2) is 14.2 Å². The van der Waals surface area contributed by atoms with Crippen molar-refractivity contribution in [1.82, 2.24) is 16.0 Å². The van der Waals surface area contributed by atoms with Crippen molar-refractivity contribution in [1.29, 1.82) is 0 Å². The highest BCUT2D eigenvalue weighted by Gasteiger charge is 2.49. The van der Waals surface area contributed by atoms with E-state index < -0.39 is 87.3 Å². The molecule has 3 amide bonds. The molecule has 1 aliphatic heterocycles. The van der Waals surface area contributed by atoms with Gasteiger partial charge in [-0.3, -0.25) is 13.8 Å². The zero-order chi connectivity index (χ0) is 35.3. The van der Waals surface area contributed by atoms with Crippen molar-refractivity contribution in [2.45, 2.75) is 81.7 Å². The van der Waals surface area contributed by atoms with Gasteiger partial charge >= 0.3 is 20.0 Å². The molecule has 1 aromatic rings. The Labute approximate surface area is 277 Å². The molecule has 1 saturated heterocycles. The molecule has 19 heteroatoms. The second-order valence-corrected chi connectivity index (χ2v) is 12.8. The summed E-state index contributed by atoms with van der Waals surface area (Å²) >= 11 is 0. The van der Waals surface area contributed by atoms with Gasteiger partial charge in [-0.2, -0.15) is 0 Å². The SMILES string of the molecule is CO[C@H]1C(OP(=O)(O)OC)[C@@H](COC(=O)OCc2ccccc2)C[C@H]1NC(=O)NCCCCO[C@@H]1O[C@H](CO)[C@H](O)[C@H](O)[C@H]1NC(C)=O. The lowest BCUT2D eigenvalue weighted by Gasteiger charge is -2.42. The van der Waals surface area contributed by atoms with E-state index in [0.29, 0.717) is 12.8 Å². The highest BCUT2D eigenvalue weighted by Crippen LogP contribution is 2.48. The highest BCUT2D eigenvalue weighted by molar-refractivity contribution is 7.47. The minimum atomic E-state index is -4.49. The Kier molecular flexibility index (Phi) is 15.9. The molecule has 2 fully saturated rings. The van der Waals surface area contributed by atoms with Crippen LogP contribution in [0.3, 0.4) is 0 Å². The van der Waals surface area contributed by atoms with Crippen LogP contribution in [0, 0.1) is 5.92 Å². The lowest BCUT2D eigenvalue weighted by atomic mass is 9.97. The molecular formula is C29H46N3O15P. The van der Waals surface area contributed by atoms with Crippen LogP contribution in [-0.4, -0.2) is 128 Å². The number of hydrogen-bond donors (Lipinski definition) is 7. The fourth-order valence-corrected chi connectivity index (χ4v) is 6.12. The van der Waals surface area contributed by atoms with Gasteiger partial charge < -0.3 is 59.8 Å². The van der Waals surface area contributed by atoms with Crippen molar-refractivity contribution >= 4 is 25.9 Å². The number of amides is 3. The van der Waals surface area contributed by atoms with Crippen LogP contribution in [0.5, 0.6) is 0 Å². The van der Waals surface area contributed by atoms with Crippen LogP contribution in [0.2, 0.25) is 0 Å². The smallest absolute Gasteiger partial charge is 0.434 e. The molecular weight excluding hydrogens is 661 g/mol. The van der Waals surface area contributed by atoms with Crippen molar-refractivity contribution < 1.29 is 71.9 Å². The van der Waals surface area contributed by atoms with E-state index in [1.54, 1.807) is 24.3 Å². The van der Waals surface area contributed by atoms with Crippen LogP contribution < -0.4 is 16.0 Å². The van der Waals surface area contributed by atoms with Crippen LogP contribution in [0.1, 0.15) is 31.7 Å². The van der Waals surface area contributed by atoms with Gasteiger partial charge in [0, 0.05) is 40.2 Å². The summed E-state index contributed by atoms with van der Waals surface area (Å²) in [5, 5.41) is 37.8. The van der Waals surface area contributed by atoms with Crippen molar-refractivity contribution in [3.63, 3.8) is 0 Å². The zero-order valence-electron chi connectivity index (χ0n) is 27.0. The average molecular weight is 708 g/mol. The Morgan fingerprint density at radius 1 is 1.02 bits per heavy atom. The first-order valence-electron chi connectivity index (χ1n) is 15.4. The maximum atomic E-state index is 12.7. The van der Waals surface area contributed by atoms with Crippen LogP contribution >= 0.6 is 7.82 Å². The summed E-state index contributed by atoms with van der Waals surface area (Å²) in [4.78, 5) is 46.5. The second-order valence-electron chi connectivity index (χ2n) is 11.3. The summed E-state index contributed by atoms with van der Waals surface area (Å²) in [6.07, 6.45) is -6.99. The number of methoxy groups -OCH3 is 1. The molecule has 18 nitrogen and oxygen atoms in total. The minimum absolute atomic E-state index is 0.0135. The first-order valence-corrected chi connectivity index (χ1v) is 16.9. The molecule has 3 rings (SSSR count). The third-order valence-corrected chi connectivity index (χ3v) is 8.79. The van der Waals surface area contributed by atoms with Gasteiger partial charge in [0.25, 0.3) is 0 Å². The number of ether oxygens (including phenoxy) is 5. The molecule has 0 spiro atoms. The Morgan fingerprint density at radius 3 is 2.40 bits per heavy atom. The number of carbonyl (C=O) groups excluding carboxylic acids is 3. The van der Waals surface area contributed by atoms with Crippen molar-refractivity contribution in [2.75, 3.05) is 40.6 Å². The Balaban J connectivity index is 1.47. The van der Waals surface area contributed by atoms with Gasteiger partial charge in [0.15, 0.2) is 6.29 Å². The van der Waals surface area contributed by atoms with Gasteiger partial charge in [-0.1, -0.05) is 30.3 Å². The summed E-state index contributed by atoms with van der Waals surface area (Å²) in [6.45, 7) is 0.721. The molecule has 1 aliphatic carbocycles. The Bertz CT molecular complexity index is 1210. The fourth-order valence-electron chi connectivity index (χ4n) is 5.43. The Hall–Kier alpha value is -2.90. The zero-order valence-corrected chi connectivity index (χ0v) is 27.9. The summed E-state index contributed by atoms with van der Waals surface area (Å²) in [7, 11) is -2.15. The number of benzene rings is 1. The van der Waals surface area contributed by atoms with Gasteiger partial charge in [-0.15, -0.1) is 0 Å². The molecule has 1 heterocycles. The normalized spacial score (nSPS) is 29.8. The van der Waals surface area contributed by atoms with E-state index in [1.165, 1.54) is 14.0 Å². The molecule has 1 aromatic carbocycles. The summed E-state index contributed by atoms with van der Waals surface area (Å²) < 4.78 is 49.3. The number of hydrogen-bond acceptors (Lipinski definition) is 14. The fraction of sp³-hybridized carbons (Fsp3) is 0.690. The van der Waals surface area contributed by atoms with Crippen molar-refractivity contribution in [3.05, 3.63) is 35.9 Å². The third kappa shape index (κ3) is 11.9. The molecule has 2 unspecified atom stereocenters. The van der Waals surface area contributed by atoms with Gasteiger partial charge in [0.05, 0.1) is 12.6 Å². The number of rotatable bonds is 17. The van der Waals surface area contributed by atoms with Crippen LogP contribution in [0.4, 0.5) is 9.59 Å². The van der Waals surface area contributed by atoms with Crippen LogP contribution in [-0.2, 0) is 48.7 Å². The van der Waals surface area contributed by atoms with E-state index in [-0.39, 0.29) is 32.8 Å². The topological polar surface area (TPSA) is 250 Å². The first-order chi connectivity index (χ1) is 22.9. The maximum absolute atomic E-state index is 12.7. The first kappa shape index (κ1) is 39.5. The number of phosphoric ester groups is 1. The minimum Gasteiger partial charge on any atom is -0.434 e. The molecule has 0 aromatic heterocycles. The average Bonchev–Trinajstić information content (AvgIpc) is 3.38. The van der Waals surface area contributed by atoms with E-state index in [0.717, 1.165) is 12.7 Å². The number of phosphoric acid groups is 1. The lowest BCUT2D eigenvalue weighted by molar-refractivity contribution is -0.270. The molecule has 2 aliphatic rings. The van der Waals surface area contributed by atoms with Crippen LogP contribution in [0.15, 0.2) is 30.3 Å². The predicted octanol–water partition coefficient (Wildman–Crippen LogP) is -0.0850. The number of nitrogens with one attached hydrogen (secondary N) is 3. The summed E-state index contributed by atoms with van der Waals surface area (Å²) in [6, 6.07) is 6.64. The van der Waals surface area contributed by atoms with E-state index in [4.69, 9.17) is 28.2 Å². The van der Waals surface area contributed by atoms with E-state index in [2.05, 4.69) is 20.5 Å². The molecule has 7 N–H and O–H groups in total. The van der Waals surface area contributed by atoms with Gasteiger partial charge in [0.2, 0.25) is 5.91 Å². The molecule has 0 bridgehead atoms. The van der Waals surface area contributed by atoms with E-state index in [9.17, 15) is 39.2 Å². The number of unbranched alkanes of at least 4 members (excludes halogenated alkanes) is 1. The third-order valence-electron chi connectivity index (χ3n) is 7.82. The summed E-state index contributed by atoms with van der Waals surface area (Å²) in [5.74, 6) is -1.15. The lowest BCUT2D eigenvalue weighted by Crippen LogP contribution is -2.64. The van der Waals surface area contributed by atoms with Crippen molar-refractivity contribution in [2.24, 2.45) is 5.92 Å². The summed E-state index contributed by atoms with van der Waals surface area (Å²) in [5.41, 5.74) is 0.755. The van der Waals surface area contributed by atoms with Crippen LogP contribution in [0.25, 0.3) is 0 Å². The van der Waals surface area contributed by atoms with E-state index >= 15 is 0 Å². The standard InChI is InChI=1S/C29H46N3O15P/c1-17(34)31-22-24(36)23(35)21(14-33)46-27(22)43-12-8-7-11-30-28(37)32-20-13-19(25(26(20)41-2)47-48(39,40)42-3)16-45-29(38)44-15-18-9-5-4-6-10-18/h4-6,9-10,19-27,33,35-36H,7-8,11-16H2,1-3H3,(H,31,34)(H,39,40)(H2,30,32,37)/t19-,20-,21-,22-,23+,24-,25?,26-,27-/m1/s1. The number of carbonyl (C=O) groups is 3. The highest BCUT2D eigenvalue weighted by atomic mass is 31.2. The molecule has 272 valence electrons. The number of aliphatic hydroxyl groups is 3. The second kappa shape index (κ2) is 19.3. The van der Waals surface area contributed by atoms with Gasteiger partial charge in [0.1, 0.15) is 49.8 Å². The molecule has 10 atom stereocenters. The predicted molar refractivity (Wildman–Crippen MR) is 164 cm³/mol. The monoisotopic (exact) mass is 707 g/mol. The molecule has 48 heavy (non-hydrogen) atoms. The largest absolute Gasteiger partial charge is 0.508 e. The van der Waals surface area contributed by atoms with E-state index in [1.807, 2.05) is 6.07 Å². The van der Waals surface area contributed by atoms with Gasteiger partial charge in [-0.05, 0) is 24.8 Å². The molecule has 0 radical (unpaired) electrons. The molecule has 1 saturated carbocycles. The number of aliphatic hydroxyl groups excluding tert-OH is 3. The van der Waals surface area contributed by atoms with Crippen molar-refractivity contribution in [3.8, 4) is 0 Å². The maximum Gasteiger partial charge on any atom is 0.508 e. The Morgan fingerprint density at radius 2 is 1.75 bits per heavy atom. The quantitative estimate of drug-likeness (QED) is 0.0635.